The van der Waals surface area contributed by atoms with Crippen LogP contribution in [0.4, 0.5) is 11.4 Å². The molecular weight excluding hydrogens is 244 g/mol. The van der Waals surface area contributed by atoms with Crippen LogP contribution in [0.5, 0.6) is 5.75 Å². The number of anilines is 2. The van der Waals surface area contributed by atoms with Crippen LogP contribution in [-0.4, -0.2) is 23.7 Å². The van der Waals surface area contributed by atoms with Gasteiger partial charge in [-0.1, -0.05) is 6.92 Å². The number of hydrogen-bond acceptors (Lipinski definition) is 4. The summed E-state index contributed by atoms with van der Waals surface area (Å²) in [5.74, 6) is 3.00. The second-order valence-corrected chi connectivity index (χ2v) is 5.94. The maximum Gasteiger partial charge on any atom is 0.144 e. The highest BCUT2D eigenvalue weighted by Crippen LogP contribution is 2.27. The van der Waals surface area contributed by atoms with E-state index >= 15 is 0 Å². The lowest BCUT2D eigenvalue weighted by Gasteiger charge is -2.17. The number of rotatable bonds is 7. The molecule has 1 unspecified atom stereocenters. The summed E-state index contributed by atoms with van der Waals surface area (Å²) in [6, 6.07) is 6.29. The number of nitrogen functional groups attached to an aromatic ring is 1. The summed E-state index contributed by atoms with van der Waals surface area (Å²) in [4.78, 5) is 0. The Morgan fingerprint density at radius 2 is 2.06 bits per heavy atom. The first-order valence-corrected chi connectivity index (χ1v) is 7.58. The van der Waals surface area contributed by atoms with Crippen molar-refractivity contribution in [3.8, 4) is 5.75 Å². The molecule has 1 aromatic carbocycles. The predicted molar refractivity (Wildman–Crippen MR) is 82.7 cm³/mol. The Bertz CT molecular complexity index is 369. The van der Waals surface area contributed by atoms with Crippen LogP contribution in [0.25, 0.3) is 0 Å². The van der Waals surface area contributed by atoms with E-state index in [0.717, 1.165) is 22.9 Å². The first-order valence-electron chi connectivity index (χ1n) is 6.43. The summed E-state index contributed by atoms with van der Waals surface area (Å²) in [5.41, 5.74) is 7.64. The monoisotopic (exact) mass is 268 g/mol. The average Bonchev–Trinajstić information content (AvgIpc) is 2.30. The maximum atomic E-state index is 5.89. The van der Waals surface area contributed by atoms with E-state index in [2.05, 4.69) is 19.2 Å². The first-order chi connectivity index (χ1) is 8.52. The van der Waals surface area contributed by atoms with Gasteiger partial charge in [-0.25, -0.2) is 0 Å². The standard InChI is InChI=1S/C14H24N2OS/c1-5-18-9-11(4)16-12-6-7-13(15)14(8-12)17-10(2)3/h6-8,10-11,16H,5,9,15H2,1-4H3. The Kier molecular flexibility index (Phi) is 6.19. The Labute approximate surface area is 114 Å². The number of nitrogens with two attached hydrogens (primary N) is 1. The number of nitrogens with one attached hydrogen (secondary N) is 1. The summed E-state index contributed by atoms with van der Waals surface area (Å²) < 4.78 is 5.68. The van der Waals surface area contributed by atoms with Crippen molar-refractivity contribution in [2.75, 3.05) is 22.6 Å². The van der Waals surface area contributed by atoms with Gasteiger partial charge >= 0.3 is 0 Å². The van der Waals surface area contributed by atoms with E-state index in [9.17, 15) is 0 Å². The Morgan fingerprint density at radius 3 is 2.67 bits per heavy atom. The topological polar surface area (TPSA) is 47.3 Å². The molecule has 0 saturated heterocycles. The van der Waals surface area contributed by atoms with Crippen molar-refractivity contribution in [3.63, 3.8) is 0 Å². The van der Waals surface area contributed by atoms with Crippen molar-refractivity contribution in [3.05, 3.63) is 18.2 Å². The van der Waals surface area contributed by atoms with E-state index in [-0.39, 0.29) is 6.10 Å². The third-order valence-corrected chi connectivity index (χ3v) is 3.51. The van der Waals surface area contributed by atoms with Crippen molar-refractivity contribution < 1.29 is 4.74 Å². The highest BCUT2D eigenvalue weighted by molar-refractivity contribution is 7.99. The van der Waals surface area contributed by atoms with Gasteiger partial charge in [0.1, 0.15) is 5.75 Å². The molecule has 0 saturated carbocycles. The molecule has 0 aliphatic carbocycles. The molecule has 1 rings (SSSR count). The molecule has 4 heteroatoms. The smallest absolute Gasteiger partial charge is 0.144 e. The SMILES string of the molecule is CCSCC(C)Nc1ccc(N)c(OC(C)C)c1. The van der Waals surface area contributed by atoms with Crippen LogP contribution in [-0.2, 0) is 0 Å². The van der Waals surface area contributed by atoms with Gasteiger partial charge in [-0.15, -0.1) is 0 Å². The summed E-state index contributed by atoms with van der Waals surface area (Å²) in [6.07, 6.45) is 0.135. The zero-order valence-electron chi connectivity index (χ0n) is 11.7. The van der Waals surface area contributed by atoms with Crippen LogP contribution in [0, 0.1) is 0 Å². The molecule has 18 heavy (non-hydrogen) atoms. The van der Waals surface area contributed by atoms with Crippen molar-refractivity contribution in [1.82, 2.24) is 0 Å². The lowest BCUT2D eigenvalue weighted by atomic mass is 10.2. The van der Waals surface area contributed by atoms with E-state index < -0.39 is 0 Å². The number of ether oxygens (including phenoxy) is 1. The van der Waals surface area contributed by atoms with Crippen LogP contribution in [0.3, 0.4) is 0 Å². The quantitative estimate of drug-likeness (QED) is 0.742. The predicted octanol–water partition coefficient (Wildman–Crippen LogP) is 3.61. The third kappa shape index (κ3) is 5.08. The van der Waals surface area contributed by atoms with Gasteiger partial charge in [0.2, 0.25) is 0 Å². The third-order valence-electron chi connectivity index (χ3n) is 2.36. The Balaban J connectivity index is 2.66. The number of thioether (sulfide) groups is 1. The van der Waals surface area contributed by atoms with Crippen LogP contribution >= 0.6 is 11.8 Å². The van der Waals surface area contributed by atoms with Crippen LogP contribution in [0.1, 0.15) is 27.7 Å². The molecule has 0 heterocycles. The molecule has 0 bridgehead atoms. The van der Waals surface area contributed by atoms with Gasteiger partial charge in [-0.3, -0.25) is 0 Å². The van der Waals surface area contributed by atoms with E-state index in [0.29, 0.717) is 11.7 Å². The molecule has 0 aromatic heterocycles. The van der Waals surface area contributed by atoms with Crippen molar-refractivity contribution in [1.29, 1.82) is 0 Å². The van der Waals surface area contributed by atoms with Gasteiger partial charge in [0.25, 0.3) is 0 Å². The van der Waals surface area contributed by atoms with Crippen LogP contribution in [0.2, 0.25) is 0 Å². The molecule has 3 nitrogen and oxygen atoms in total. The zero-order chi connectivity index (χ0) is 13.5. The fourth-order valence-corrected chi connectivity index (χ4v) is 2.27. The van der Waals surface area contributed by atoms with E-state index in [1.807, 2.05) is 43.8 Å². The van der Waals surface area contributed by atoms with E-state index in [1.54, 1.807) is 0 Å². The normalized spacial score (nSPS) is 12.5. The van der Waals surface area contributed by atoms with Crippen LogP contribution < -0.4 is 15.8 Å². The van der Waals surface area contributed by atoms with Crippen molar-refractivity contribution >= 4 is 23.1 Å². The molecule has 0 amide bonds. The van der Waals surface area contributed by atoms with Gasteiger partial charge in [-0.05, 0) is 38.7 Å². The number of benzene rings is 1. The van der Waals surface area contributed by atoms with Crippen molar-refractivity contribution in [2.45, 2.75) is 39.8 Å². The summed E-state index contributed by atoms with van der Waals surface area (Å²) in [7, 11) is 0. The van der Waals surface area contributed by atoms with Crippen LogP contribution in [0.15, 0.2) is 18.2 Å². The second kappa shape index (κ2) is 7.41. The molecule has 1 atom stereocenters. The molecular formula is C14H24N2OS. The molecule has 102 valence electrons. The maximum absolute atomic E-state index is 5.89. The molecule has 0 aliphatic heterocycles. The lowest BCUT2D eigenvalue weighted by molar-refractivity contribution is 0.244. The zero-order valence-corrected chi connectivity index (χ0v) is 12.5. The van der Waals surface area contributed by atoms with Gasteiger partial charge in [0.15, 0.2) is 0 Å². The Morgan fingerprint density at radius 1 is 1.33 bits per heavy atom. The average molecular weight is 268 g/mol. The molecule has 0 spiro atoms. The fraction of sp³-hybridized carbons (Fsp3) is 0.571. The lowest BCUT2D eigenvalue weighted by Crippen LogP contribution is -2.18. The minimum Gasteiger partial charge on any atom is -0.489 e. The van der Waals surface area contributed by atoms with E-state index in [4.69, 9.17) is 10.5 Å². The highest BCUT2D eigenvalue weighted by Gasteiger charge is 2.06. The van der Waals surface area contributed by atoms with E-state index in [1.165, 1.54) is 0 Å². The number of hydrogen-bond donors (Lipinski definition) is 2. The summed E-state index contributed by atoms with van der Waals surface area (Å²) >= 11 is 1.94. The summed E-state index contributed by atoms with van der Waals surface area (Å²) in [5, 5.41) is 3.46. The largest absolute Gasteiger partial charge is 0.489 e. The van der Waals surface area contributed by atoms with Gasteiger partial charge in [-0.2, -0.15) is 11.8 Å². The van der Waals surface area contributed by atoms with Gasteiger partial charge in [0, 0.05) is 23.5 Å². The molecule has 0 radical (unpaired) electrons. The fourth-order valence-electron chi connectivity index (χ4n) is 1.60. The molecule has 3 N–H and O–H groups in total. The minimum absolute atomic E-state index is 0.135. The minimum atomic E-state index is 0.135. The van der Waals surface area contributed by atoms with Gasteiger partial charge in [0.05, 0.1) is 11.8 Å². The van der Waals surface area contributed by atoms with Crippen molar-refractivity contribution in [2.24, 2.45) is 0 Å². The Hall–Kier alpha value is -1.03. The molecule has 1 aromatic rings. The molecule has 0 fully saturated rings. The summed E-state index contributed by atoms with van der Waals surface area (Å²) in [6.45, 7) is 8.36. The first kappa shape index (κ1) is 15.0. The highest BCUT2D eigenvalue weighted by atomic mass is 32.2. The van der Waals surface area contributed by atoms with Gasteiger partial charge < -0.3 is 15.8 Å². The molecule has 0 aliphatic rings. The second-order valence-electron chi connectivity index (χ2n) is 4.62.